The summed E-state index contributed by atoms with van der Waals surface area (Å²) >= 11 is 0. The molecule has 136 valence electrons. The second-order valence-corrected chi connectivity index (χ2v) is 7.23. The third kappa shape index (κ3) is 2.52. The number of carbonyl (C=O) groups is 2. The lowest BCUT2D eigenvalue weighted by atomic mass is 9.75. The summed E-state index contributed by atoms with van der Waals surface area (Å²) in [5, 5.41) is 10.5. The molecule has 0 spiro atoms. The predicted octanol–water partition coefficient (Wildman–Crippen LogP) is 2.07. The van der Waals surface area contributed by atoms with Crippen LogP contribution in [0.25, 0.3) is 10.9 Å². The number of hydrogen-bond donors (Lipinski definition) is 1. The highest BCUT2D eigenvalue weighted by Gasteiger charge is 2.49. The van der Waals surface area contributed by atoms with Crippen LogP contribution in [-0.2, 0) is 22.2 Å². The number of aromatic nitrogens is 1. The van der Waals surface area contributed by atoms with E-state index in [4.69, 9.17) is 0 Å². The van der Waals surface area contributed by atoms with Gasteiger partial charge in [0.25, 0.3) is 0 Å². The molecule has 1 N–H and O–H groups in total. The van der Waals surface area contributed by atoms with Crippen molar-refractivity contribution >= 4 is 22.5 Å². The van der Waals surface area contributed by atoms with E-state index in [9.17, 15) is 19.1 Å². The van der Waals surface area contributed by atoms with E-state index < -0.39 is 11.6 Å². The summed E-state index contributed by atoms with van der Waals surface area (Å²) in [4.78, 5) is 27.4. The van der Waals surface area contributed by atoms with Crippen molar-refractivity contribution in [3.05, 3.63) is 47.9 Å². The minimum absolute atomic E-state index is 0.0358. The SMILES string of the molecule is Cn1cc(C2(N3CCC(O)CC3)CC(=O)C=CC2=O)c2cc(F)ccc21. The summed E-state index contributed by atoms with van der Waals surface area (Å²) in [5.74, 6) is -0.659. The zero-order chi connectivity index (χ0) is 18.5. The van der Waals surface area contributed by atoms with Gasteiger partial charge in [0.15, 0.2) is 11.6 Å². The first-order valence-corrected chi connectivity index (χ1v) is 8.85. The number of aryl methyl sites for hydroxylation is 1. The number of aliphatic hydroxyl groups is 1. The van der Waals surface area contributed by atoms with Crippen molar-refractivity contribution in [2.45, 2.75) is 30.9 Å². The van der Waals surface area contributed by atoms with Crippen LogP contribution >= 0.6 is 0 Å². The molecule has 2 aromatic rings. The molecule has 1 aromatic carbocycles. The Bertz CT molecular complexity index is 925. The molecule has 2 aliphatic rings. The van der Waals surface area contributed by atoms with Crippen molar-refractivity contribution in [1.29, 1.82) is 0 Å². The molecule has 1 aromatic heterocycles. The molecule has 4 rings (SSSR count). The Morgan fingerprint density at radius 2 is 1.92 bits per heavy atom. The van der Waals surface area contributed by atoms with Gasteiger partial charge in [0.1, 0.15) is 11.4 Å². The molecule has 1 fully saturated rings. The summed E-state index contributed by atoms with van der Waals surface area (Å²) < 4.78 is 15.8. The molecule has 1 saturated heterocycles. The maximum atomic E-state index is 14.0. The maximum Gasteiger partial charge on any atom is 0.181 e. The highest BCUT2D eigenvalue weighted by atomic mass is 19.1. The van der Waals surface area contributed by atoms with Gasteiger partial charge in [-0.15, -0.1) is 0 Å². The van der Waals surface area contributed by atoms with E-state index >= 15 is 0 Å². The number of piperidine rings is 1. The Morgan fingerprint density at radius 3 is 2.65 bits per heavy atom. The topological polar surface area (TPSA) is 62.5 Å². The van der Waals surface area contributed by atoms with Gasteiger partial charge >= 0.3 is 0 Å². The molecule has 1 atom stereocenters. The zero-order valence-corrected chi connectivity index (χ0v) is 14.6. The lowest BCUT2D eigenvalue weighted by molar-refractivity contribution is -0.135. The number of allylic oxidation sites excluding steroid dienone is 1. The number of halogens is 1. The Balaban J connectivity index is 1.95. The third-order valence-corrected chi connectivity index (χ3v) is 5.66. The van der Waals surface area contributed by atoms with Crippen LogP contribution < -0.4 is 0 Å². The average molecular weight is 356 g/mol. The lowest BCUT2D eigenvalue weighted by Gasteiger charge is -2.45. The first-order valence-electron chi connectivity index (χ1n) is 8.85. The van der Waals surface area contributed by atoms with E-state index in [1.54, 1.807) is 6.07 Å². The fourth-order valence-corrected chi connectivity index (χ4v) is 4.31. The van der Waals surface area contributed by atoms with Gasteiger partial charge in [-0.25, -0.2) is 4.39 Å². The number of ketones is 2. The van der Waals surface area contributed by atoms with Gasteiger partial charge in [0, 0.05) is 49.2 Å². The van der Waals surface area contributed by atoms with Crippen LogP contribution in [0.1, 0.15) is 24.8 Å². The normalized spacial score (nSPS) is 25.3. The van der Waals surface area contributed by atoms with E-state index in [0.29, 0.717) is 36.9 Å². The van der Waals surface area contributed by atoms with E-state index in [-0.39, 0.29) is 23.8 Å². The minimum atomic E-state index is -1.14. The Labute approximate surface area is 150 Å². The van der Waals surface area contributed by atoms with Gasteiger partial charge in [-0.2, -0.15) is 0 Å². The minimum Gasteiger partial charge on any atom is -0.393 e. The Morgan fingerprint density at radius 1 is 1.19 bits per heavy atom. The molecule has 2 heterocycles. The summed E-state index contributed by atoms with van der Waals surface area (Å²) in [6.07, 6.45) is 5.24. The molecule has 0 saturated carbocycles. The van der Waals surface area contributed by atoms with Crippen LogP contribution in [-0.4, -0.2) is 45.3 Å². The Kier molecular flexibility index (Phi) is 4.04. The number of benzene rings is 1. The van der Waals surface area contributed by atoms with Crippen molar-refractivity contribution < 1.29 is 19.1 Å². The van der Waals surface area contributed by atoms with Gasteiger partial charge in [0.05, 0.1) is 6.10 Å². The summed E-state index contributed by atoms with van der Waals surface area (Å²) in [6.45, 7) is 1.03. The van der Waals surface area contributed by atoms with Crippen LogP contribution in [0.3, 0.4) is 0 Å². The van der Waals surface area contributed by atoms with Gasteiger partial charge in [-0.05, 0) is 43.2 Å². The van der Waals surface area contributed by atoms with E-state index in [1.165, 1.54) is 24.3 Å². The molecule has 0 bridgehead atoms. The fraction of sp³-hybridized carbons (Fsp3) is 0.400. The molecule has 1 aliphatic carbocycles. The summed E-state index contributed by atoms with van der Waals surface area (Å²) in [7, 11) is 1.85. The van der Waals surface area contributed by atoms with Crippen molar-refractivity contribution in [1.82, 2.24) is 9.47 Å². The number of fused-ring (bicyclic) bond motifs is 1. The molecule has 5 nitrogen and oxygen atoms in total. The monoisotopic (exact) mass is 356 g/mol. The number of hydrogen-bond acceptors (Lipinski definition) is 4. The zero-order valence-electron chi connectivity index (χ0n) is 14.6. The lowest BCUT2D eigenvalue weighted by Crippen LogP contribution is -2.56. The molecule has 0 radical (unpaired) electrons. The number of aliphatic hydroxyl groups excluding tert-OH is 1. The fourth-order valence-electron chi connectivity index (χ4n) is 4.31. The van der Waals surface area contributed by atoms with Gasteiger partial charge in [-0.3, -0.25) is 14.5 Å². The first kappa shape index (κ1) is 17.1. The largest absolute Gasteiger partial charge is 0.393 e. The van der Waals surface area contributed by atoms with Crippen molar-refractivity contribution in [2.24, 2.45) is 7.05 Å². The standard InChI is InChI=1S/C20H21FN2O3/c1-22-12-17(16-10-13(21)2-4-18(16)22)20(11-15(25)3-5-19(20)26)23-8-6-14(24)7-9-23/h2-5,10,12,14,24H,6-9,11H2,1H3. The van der Waals surface area contributed by atoms with E-state index in [0.717, 1.165) is 5.52 Å². The van der Waals surface area contributed by atoms with Crippen LogP contribution in [0.5, 0.6) is 0 Å². The molecular weight excluding hydrogens is 335 g/mol. The van der Waals surface area contributed by atoms with Crippen molar-refractivity contribution in [3.63, 3.8) is 0 Å². The summed E-state index contributed by atoms with van der Waals surface area (Å²) in [5.41, 5.74) is 0.334. The van der Waals surface area contributed by atoms with Crippen LogP contribution in [0.2, 0.25) is 0 Å². The average Bonchev–Trinajstić information content (AvgIpc) is 2.94. The van der Waals surface area contributed by atoms with Gasteiger partial charge in [-0.1, -0.05) is 0 Å². The molecule has 1 unspecified atom stereocenters. The van der Waals surface area contributed by atoms with E-state index in [2.05, 4.69) is 0 Å². The third-order valence-electron chi connectivity index (χ3n) is 5.66. The molecule has 1 aliphatic heterocycles. The van der Waals surface area contributed by atoms with Crippen molar-refractivity contribution in [3.8, 4) is 0 Å². The number of nitrogens with zero attached hydrogens (tertiary/aromatic N) is 2. The summed E-state index contributed by atoms with van der Waals surface area (Å²) in [6, 6.07) is 4.51. The van der Waals surface area contributed by atoms with Gasteiger partial charge in [0.2, 0.25) is 0 Å². The highest BCUT2D eigenvalue weighted by molar-refractivity contribution is 6.12. The van der Waals surface area contributed by atoms with Crippen LogP contribution in [0.15, 0.2) is 36.5 Å². The predicted molar refractivity (Wildman–Crippen MR) is 95.1 cm³/mol. The quantitative estimate of drug-likeness (QED) is 0.895. The molecule has 6 heteroatoms. The molecule has 0 amide bonds. The van der Waals surface area contributed by atoms with Crippen LogP contribution in [0.4, 0.5) is 4.39 Å². The first-order chi connectivity index (χ1) is 12.4. The highest BCUT2D eigenvalue weighted by Crippen LogP contribution is 2.42. The number of rotatable bonds is 2. The Hall–Kier alpha value is -2.31. The maximum absolute atomic E-state index is 14.0. The molecule has 26 heavy (non-hydrogen) atoms. The second kappa shape index (κ2) is 6.14. The van der Waals surface area contributed by atoms with E-state index in [1.807, 2.05) is 22.7 Å². The van der Waals surface area contributed by atoms with Gasteiger partial charge < -0.3 is 9.67 Å². The number of carbonyl (C=O) groups excluding carboxylic acids is 2. The molecular formula is C20H21FN2O3. The van der Waals surface area contributed by atoms with Crippen LogP contribution in [0, 0.1) is 5.82 Å². The second-order valence-electron chi connectivity index (χ2n) is 7.23. The number of likely N-dealkylation sites (tertiary alicyclic amines) is 1. The smallest absolute Gasteiger partial charge is 0.181 e. The van der Waals surface area contributed by atoms with Crippen molar-refractivity contribution in [2.75, 3.05) is 13.1 Å².